The van der Waals surface area contributed by atoms with Crippen molar-refractivity contribution in [2.75, 3.05) is 13.1 Å². The van der Waals surface area contributed by atoms with E-state index in [1.807, 2.05) is 20.8 Å². The third-order valence-electron chi connectivity index (χ3n) is 5.15. The molecule has 0 amide bonds. The predicted molar refractivity (Wildman–Crippen MR) is 108 cm³/mol. The fraction of sp³-hybridized carbons (Fsp3) is 0.636. The van der Waals surface area contributed by atoms with Crippen LogP contribution in [0.4, 0.5) is 4.79 Å². The molecule has 1 spiro atoms. The summed E-state index contributed by atoms with van der Waals surface area (Å²) in [5, 5.41) is 6.03. The average Bonchev–Trinajstić information content (AvgIpc) is 2.99. The molecule has 154 valence electrons. The van der Waals surface area contributed by atoms with Crippen LogP contribution >= 0.6 is 0 Å². The molecule has 1 aromatic carbocycles. The summed E-state index contributed by atoms with van der Waals surface area (Å²) in [4.78, 5) is 23.0. The van der Waals surface area contributed by atoms with Crippen molar-refractivity contribution < 1.29 is 19.2 Å². The minimum atomic E-state index is -0.660. The van der Waals surface area contributed by atoms with E-state index in [-0.39, 0.29) is 11.0 Å². The topological polar surface area (TPSA) is 60.4 Å². The fourth-order valence-electron chi connectivity index (χ4n) is 3.47. The number of oxime groups is 1. The van der Waals surface area contributed by atoms with Crippen LogP contribution in [0.3, 0.4) is 0 Å². The van der Waals surface area contributed by atoms with Crippen LogP contribution in [-0.2, 0) is 19.8 Å². The quantitative estimate of drug-likeness (QED) is 0.681. The fourth-order valence-corrected chi connectivity index (χ4v) is 3.47. The van der Waals surface area contributed by atoms with Crippen molar-refractivity contribution in [2.45, 2.75) is 77.4 Å². The van der Waals surface area contributed by atoms with E-state index in [9.17, 15) is 4.79 Å². The van der Waals surface area contributed by atoms with E-state index in [2.05, 4.69) is 50.2 Å². The van der Waals surface area contributed by atoms with Crippen LogP contribution in [0, 0.1) is 0 Å². The molecular weight excluding hydrogens is 356 g/mol. The Kier molecular flexibility index (Phi) is 5.45. The Labute approximate surface area is 167 Å². The Bertz CT molecular complexity index is 733. The zero-order valence-electron chi connectivity index (χ0n) is 17.9. The Hall–Kier alpha value is -2.08. The second-order valence-electron chi connectivity index (χ2n) is 9.80. The highest BCUT2D eigenvalue weighted by Crippen LogP contribution is 2.36. The summed E-state index contributed by atoms with van der Waals surface area (Å²) in [5.41, 5.74) is 2.67. The van der Waals surface area contributed by atoms with Crippen LogP contribution in [-0.4, -0.2) is 41.2 Å². The third kappa shape index (κ3) is 5.04. The van der Waals surface area contributed by atoms with Gasteiger partial charge in [-0.25, -0.2) is 4.79 Å². The van der Waals surface area contributed by atoms with Gasteiger partial charge < -0.3 is 14.4 Å². The van der Waals surface area contributed by atoms with Crippen molar-refractivity contribution in [2.24, 2.45) is 5.16 Å². The number of ether oxygens (including phenoxy) is 1. The van der Waals surface area contributed by atoms with Gasteiger partial charge in [0.25, 0.3) is 0 Å². The molecule has 0 radical (unpaired) electrons. The van der Waals surface area contributed by atoms with Crippen LogP contribution in [0.1, 0.15) is 71.9 Å². The molecule has 3 rings (SSSR count). The first-order valence-electron chi connectivity index (χ1n) is 9.98. The lowest BCUT2D eigenvalue weighted by atomic mass is 9.84. The van der Waals surface area contributed by atoms with Crippen LogP contribution in [0.25, 0.3) is 0 Å². The highest BCUT2D eigenvalue weighted by molar-refractivity contribution is 6.01. The normalized spacial score (nSPS) is 19.9. The maximum Gasteiger partial charge on any atom is 0.528 e. The average molecular weight is 389 g/mol. The van der Waals surface area contributed by atoms with Crippen LogP contribution in [0.15, 0.2) is 29.4 Å². The molecule has 1 aromatic rings. The molecule has 1 saturated heterocycles. The molecule has 0 N–H and O–H groups in total. The van der Waals surface area contributed by atoms with E-state index < -0.39 is 11.8 Å². The Morgan fingerprint density at radius 3 is 2.21 bits per heavy atom. The van der Waals surface area contributed by atoms with Crippen molar-refractivity contribution in [3.63, 3.8) is 0 Å². The van der Waals surface area contributed by atoms with Crippen molar-refractivity contribution in [1.82, 2.24) is 5.06 Å². The highest BCUT2D eigenvalue weighted by Gasteiger charge is 2.43. The smallest absolute Gasteiger partial charge is 0.427 e. The van der Waals surface area contributed by atoms with Gasteiger partial charge in [-0.3, -0.25) is 0 Å². The Morgan fingerprint density at radius 2 is 1.68 bits per heavy atom. The summed E-state index contributed by atoms with van der Waals surface area (Å²) in [7, 11) is 0. The Morgan fingerprint density at radius 1 is 1.07 bits per heavy atom. The van der Waals surface area contributed by atoms with Gasteiger partial charge in [0.15, 0.2) is 0 Å². The van der Waals surface area contributed by atoms with E-state index >= 15 is 0 Å². The van der Waals surface area contributed by atoms with Gasteiger partial charge in [0.1, 0.15) is 11.2 Å². The Balaban J connectivity index is 1.53. The molecule has 0 atom stereocenters. The molecule has 0 saturated carbocycles. The van der Waals surface area contributed by atoms with Crippen LogP contribution in [0.5, 0.6) is 0 Å². The lowest BCUT2D eigenvalue weighted by molar-refractivity contribution is -0.180. The van der Waals surface area contributed by atoms with Gasteiger partial charge in [-0.15, -0.1) is 5.06 Å². The van der Waals surface area contributed by atoms with Gasteiger partial charge in [0, 0.05) is 32.4 Å². The van der Waals surface area contributed by atoms with Crippen LogP contribution < -0.4 is 0 Å². The van der Waals surface area contributed by atoms with Gasteiger partial charge in [-0.05, 0) is 37.3 Å². The number of benzene rings is 1. The van der Waals surface area contributed by atoms with E-state index in [0.29, 0.717) is 13.1 Å². The number of hydroxylamine groups is 2. The molecule has 2 aliphatic rings. The second kappa shape index (κ2) is 7.39. The minimum Gasteiger partial charge on any atom is -0.427 e. The largest absolute Gasteiger partial charge is 0.528 e. The van der Waals surface area contributed by atoms with E-state index in [4.69, 9.17) is 14.4 Å². The molecule has 0 unspecified atom stereocenters. The zero-order chi connectivity index (χ0) is 20.6. The monoisotopic (exact) mass is 388 g/mol. The maximum atomic E-state index is 11.8. The molecule has 6 heteroatoms. The lowest BCUT2D eigenvalue weighted by Crippen LogP contribution is -2.45. The second-order valence-corrected chi connectivity index (χ2v) is 9.80. The summed E-state index contributed by atoms with van der Waals surface area (Å²) < 4.78 is 5.21. The summed E-state index contributed by atoms with van der Waals surface area (Å²) >= 11 is 0. The molecule has 1 fully saturated rings. The zero-order valence-corrected chi connectivity index (χ0v) is 17.9. The first kappa shape index (κ1) is 20.6. The van der Waals surface area contributed by atoms with Crippen LogP contribution in [0.2, 0.25) is 0 Å². The SMILES string of the molecule is CC(C)(C)OC(=O)ON1CCC2(CC1)CC(c1ccc(C(C)(C)C)cc1)=NO2. The number of carbonyl (C=O) groups excluding carboxylic acids is 1. The van der Waals surface area contributed by atoms with Crippen molar-refractivity contribution in [3.8, 4) is 0 Å². The first-order valence-corrected chi connectivity index (χ1v) is 9.98. The number of nitrogens with zero attached hydrogens (tertiary/aromatic N) is 2. The van der Waals surface area contributed by atoms with Gasteiger partial charge in [0.05, 0.1) is 5.71 Å². The summed E-state index contributed by atoms with van der Waals surface area (Å²) in [6.07, 6.45) is 1.63. The summed E-state index contributed by atoms with van der Waals surface area (Å²) in [6.45, 7) is 13.3. The highest BCUT2D eigenvalue weighted by atomic mass is 16.8. The number of piperidine rings is 1. The molecule has 0 bridgehead atoms. The number of hydrogen-bond donors (Lipinski definition) is 0. The minimum absolute atomic E-state index is 0.134. The lowest BCUT2D eigenvalue weighted by Gasteiger charge is -2.36. The molecule has 28 heavy (non-hydrogen) atoms. The molecule has 2 heterocycles. The van der Waals surface area contributed by atoms with Gasteiger partial charge in [-0.1, -0.05) is 50.2 Å². The predicted octanol–water partition coefficient (Wildman–Crippen LogP) is 4.81. The molecule has 0 aromatic heterocycles. The maximum absolute atomic E-state index is 11.8. The van der Waals surface area contributed by atoms with Gasteiger partial charge in [-0.2, -0.15) is 0 Å². The third-order valence-corrected chi connectivity index (χ3v) is 5.15. The molecule has 2 aliphatic heterocycles. The molecular formula is C22H32N2O4. The summed E-state index contributed by atoms with van der Waals surface area (Å²) in [6, 6.07) is 8.59. The molecule has 0 aliphatic carbocycles. The van der Waals surface area contributed by atoms with Gasteiger partial charge in [0.2, 0.25) is 0 Å². The first-order chi connectivity index (χ1) is 13.0. The van der Waals surface area contributed by atoms with Crippen molar-refractivity contribution in [1.29, 1.82) is 0 Å². The number of carbonyl (C=O) groups is 1. The summed E-state index contributed by atoms with van der Waals surface area (Å²) in [5.74, 6) is 0. The molecule has 6 nitrogen and oxygen atoms in total. The van der Waals surface area contributed by atoms with E-state index in [1.54, 1.807) is 5.06 Å². The van der Waals surface area contributed by atoms with Gasteiger partial charge >= 0.3 is 6.16 Å². The number of rotatable bonds is 2. The van der Waals surface area contributed by atoms with Crippen molar-refractivity contribution in [3.05, 3.63) is 35.4 Å². The standard InChI is InChI=1S/C22H32N2O4/c1-20(2,3)17-9-7-16(8-10-17)18-15-22(28-23-18)11-13-24(14-12-22)27-19(25)26-21(4,5)6/h7-10H,11-15H2,1-6H3. The van der Waals surface area contributed by atoms with E-state index in [0.717, 1.165) is 30.5 Å². The van der Waals surface area contributed by atoms with Crippen molar-refractivity contribution >= 4 is 11.9 Å². The number of hydrogen-bond acceptors (Lipinski definition) is 6. The van der Waals surface area contributed by atoms with E-state index in [1.165, 1.54) is 5.56 Å².